The van der Waals surface area contributed by atoms with E-state index in [1.807, 2.05) is 25.0 Å². The molecule has 2 aliphatic rings. The van der Waals surface area contributed by atoms with E-state index in [4.69, 9.17) is 4.42 Å². The fourth-order valence-corrected chi connectivity index (χ4v) is 4.98. The van der Waals surface area contributed by atoms with Gasteiger partial charge in [-0.05, 0) is 75.0 Å². The number of carbonyl (C=O) groups is 1. The molecule has 0 saturated carbocycles. The van der Waals surface area contributed by atoms with Crippen molar-refractivity contribution in [2.24, 2.45) is 10.9 Å². The molecule has 1 saturated heterocycles. The van der Waals surface area contributed by atoms with Crippen molar-refractivity contribution in [1.82, 2.24) is 9.88 Å². The van der Waals surface area contributed by atoms with Gasteiger partial charge < -0.3 is 14.2 Å². The van der Waals surface area contributed by atoms with Crippen molar-refractivity contribution < 1.29 is 13.6 Å². The summed E-state index contributed by atoms with van der Waals surface area (Å²) in [6.45, 7) is 14.9. The Morgan fingerprint density at radius 2 is 1.84 bits per heavy atom. The molecule has 7 heteroatoms. The molecule has 1 aromatic carbocycles. The standard InChI is InChI=1S/C23H35FN4O2.C13H16/c1-5-16(3)7-11-25-20-15-28(12-8-17(20)4)22(29)21-19(6-2)26-23(30-21)27-13-9-18(24)10-14-27;1-3-5-9-13-11-7-6-10-12(13)8-4-2/h11,16,18H,5-10,12-15H2,1-4H3;4-11H,3H2,1-2H3/b;8-4-,9-5+. The van der Waals surface area contributed by atoms with Crippen LogP contribution in [0.25, 0.3) is 12.2 Å². The maximum Gasteiger partial charge on any atom is 0.298 e. The number of hydrogen-bond acceptors (Lipinski definition) is 5. The molecule has 0 N–H and O–H groups in total. The van der Waals surface area contributed by atoms with Crippen LogP contribution in [0.4, 0.5) is 10.4 Å². The average molecular weight is 591 g/mol. The van der Waals surface area contributed by atoms with Crippen molar-refractivity contribution in [3.8, 4) is 0 Å². The Bertz CT molecular complexity index is 1280. The molecule has 0 aliphatic carbocycles. The van der Waals surface area contributed by atoms with Crippen molar-refractivity contribution in [1.29, 1.82) is 0 Å². The number of amides is 1. The predicted octanol–water partition coefficient (Wildman–Crippen LogP) is 8.95. The van der Waals surface area contributed by atoms with Crippen LogP contribution in [0.1, 0.15) is 107 Å². The fraction of sp³-hybridized carbons (Fsp3) is 0.528. The van der Waals surface area contributed by atoms with Crippen LogP contribution in [-0.2, 0) is 6.42 Å². The third-order valence-corrected chi connectivity index (χ3v) is 8.11. The summed E-state index contributed by atoms with van der Waals surface area (Å²) < 4.78 is 19.4. The normalized spacial score (nSPS) is 17.3. The Kier molecular flexibility index (Phi) is 13.9. The number of anilines is 1. The summed E-state index contributed by atoms with van der Waals surface area (Å²) in [5, 5.41) is 0. The average Bonchev–Trinajstić information content (AvgIpc) is 3.46. The van der Waals surface area contributed by atoms with Gasteiger partial charge in [-0.1, -0.05) is 82.7 Å². The van der Waals surface area contributed by atoms with E-state index >= 15 is 0 Å². The SMILES string of the molecule is C/C=C\c1ccccc1/C=C/CC.CCc1nc(N2CCC(F)CC2)oc1C(=O)N1CCC(C)=C(N=CCC(C)CC)C1. The lowest BCUT2D eigenvalue weighted by atomic mass is 10.1. The zero-order valence-corrected chi connectivity index (χ0v) is 27.1. The summed E-state index contributed by atoms with van der Waals surface area (Å²) >= 11 is 0. The van der Waals surface area contributed by atoms with E-state index in [2.05, 4.69) is 86.2 Å². The number of alkyl halides is 1. The highest BCUT2D eigenvalue weighted by Crippen LogP contribution is 2.27. The van der Waals surface area contributed by atoms with Gasteiger partial charge in [-0.2, -0.15) is 4.98 Å². The molecule has 1 unspecified atom stereocenters. The second-order valence-electron chi connectivity index (χ2n) is 11.5. The van der Waals surface area contributed by atoms with Crippen molar-refractivity contribution in [3.05, 3.63) is 70.3 Å². The van der Waals surface area contributed by atoms with Gasteiger partial charge in [-0.15, -0.1) is 0 Å². The van der Waals surface area contributed by atoms with Crippen LogP contribution in [0, 0.1) is 5.92 Å². The van der Waals surface area contributed by atoms with Gasteiger partial charge in [0.1, 0.15) is 6.17 Å². The lowest BCUT2D eigenvalue weighted by Crippen LogP contribution is -2.37. The number of nitrogens with zero attached hydrogens (tertiary/aromatic N) is 4. The molecule has 0 spiro atoms. The predicted molar refractivity (Wildman–Crippen MR) is 178 cm³/mol. The van der Waals surface area contributed by atoms with Crippen LogP contribution < -0.4 is 4.90 Å². The number of aromatic nitrogens is 1. The Morgan fingerprint density at radius 3 is 2.47 bits per heavy atom. The highest BCUT2D eigenvalue weighted by atomic mass is 19.1. The van der Waals surface area contributed by atoms with Gasteiger partial charge in [-0.3, -0.25) is 9.79 Å². The van der Waals surface area contributed by atoms with Crippen LogP contribution in [0.2, 0.25) is 0 Å². The monoisotopic (exact) mass is 590 g/mol. The number of rotatable bonds is 10. The first kappa shape index (κ1) is 34.0. The molecular formula is C36H51FN4O2. The summed E-state index contributed by atoms with van der Waals surface area (Å²) in [5.41, 5.74) is 5.46. The minimum atomic E-state index is -0.759. The van der Waals surface area contributed by atoms with E-state index < -0.39 is 6.17 Å². The number of oxazole rings is 1. The van der Waals surface area contributed by atoms with E-state index in [0.29, 0.717) is 68.8 Å². The summed E-state index contributed by atoms with van der Waals surface area (Å²) in [6.07, 6.45) is 15.3. The lowest BCUT2D eigenvalue weighted by molar-refractivity contribution is 0.0730. The molecule has 1 amide bonds. The minimum Gasteiger partial charge on any atom is -0.418 e. The van der Waals surface area contributed by atoms with Crippen LogP contribution >= 0.6 is 0 Å². The second kappa shape index (κ2) is 17.6. The molecule has 2 aliphatic heterocycles. The molecule has 1 atom stereocenters. The quantitative estimate of drug-likeness (QED) is 0.259. The van der Waals surface area contributed by atoms with Gasteiger partial charge in [0.25, 0.3) is 11.9 Å². The Labute approximate surface area is 258 Å². The highest BCUT2D eigenvalue weighted by molar-refractivity contribution is 5.93. The molecule has 1 aromatic heterocycles. The number of aryl methyl sites for hydroxylation is 1. The number of allylic oxidation sites excluding steroid dienone is 2. The number of halogens is 1. The largest absolute Gasteiger partial charge is 0.418 e. The van der Waals surface area contributed by atoms with E-state index in [-0.39, 0.29) is 5.91 Å². The molecule has 234 valence electrons. The molecule has 43 heavy (non-hydrogen) atoms. The molecule has 6 nitrogen and oxygen atoms in total. The topological polar surface area (TPSA) is 61.9 Å². The molecule has 2 aromatic rings. The minimum absolute atomic E-state index is 0.131. The number of carbonyl (C=O) groups excluding carboxylic acids is 1. The smallest absolute Gasteiger partial charge is 0.298 e. The number of hydrogen-bond donors (Lipinski definition) is 0. The molecule has 0 bridgehead atoms. The highest BCUT2D eigenvalue weighted by Gasteiger charge is 2.30. The summed E-state index contributed by atoms with van der Waals surface area (Å²) in [6, 6.07) is 8.86. The third kappa shape index (κ3) is 10.0. The number of piperidine rings is 1. The van der Waals surface area contributed by atoms with Crippen LogP contribution in [0.15, 0.2) is 57.1 Å². The van der Waals surface area contributed by atoms with Crippen LogP contribution in [0.5, 0.6) is 0 Å². The maximum atomic E-state index is 13.5. The fourth-order valence-electron chi connectivity index (χ4n) is 4.98. The van der Waals surface area contributed by atoms with E-state index in [1.165, 1.54) is 16.7 Å². The first-order valence-electron chi connectivity index (χ1n) is 16.1. The van der Waals surface area contributed by atoms with Gasteiger partial charge in [0.05, 0.1) is 17.9 Å². The van der Waals surface area contributed by atoms with Crippen molar-refractivity contribution in [2.75, 3.05) is 31.1 Å². The lowest BCUT2D eigenvalue weighted by Gasteiger charge is -2.28. The van der Waals surface area contributed by atoms with E-state index in [0.717, 1.165) is 31.4 Å². The van der Waals surface area contributed by atoms with Crippen LogP contribution in [0.3, 0.4) is 0 Å². The summed E-state index contributed by atoms with van der Waals surface area (Å²) in [4.78, 5) is 26.2. The Morgan fingerprint density at radius 1 is 1.14 bits per heavy atom. The third-order valence-electron chi connectivity index (χ3n) is 8.11. The Hall–Kier alpha value is -3.48. The number of benzene rings is 1. The molecular weight excluding hydrogens is 539 g/mol. The van der Waals surface area contributed by atoms with Gasteiger partial charge in [0.2, 0.25) is 5.76 Å². The van der Waals surface area contributed by atoms with Gasteiger partial charge >= 0.3 is 0 Å². The summed E-state index contributed by atoms with van der Waals surface area (Å²) in [7, 11) is 0. The van der Waals surface area contributed by atoms with Crippen LogP contribution in [-0.4, -0.2) is 54.4 Å². The zero-order chi connectivity index (χ0) is 31.2. The van der Waals surface area contributed by atoms with Crippen molar-refractivity contribution in [3.63, 3.8) is 0 Å². The van der Waals surface area contributed by atoms with Gasteiger partial charge in [0, 0.05) is 25.8 Å². The van der Waals surface area contributed by atoms with Gasteiger partial charge in [0.15, 0.2) is 0 Å². The number of aliphatic imine (C=N–C) groups is 1. The molecule has 0 radical (unpaired) electrons. The molecule has 4 rings (SSSR count). The first-order valence-corrected chi connectivity index (χ1v) is 16.1. The second-order valence-corrected chi connectivity index (χ2v) is 11.5. The van der Waals surface area contributed by atoms with Crippen molar-refractivity contribution in [2.45, 2.75) is 92.7 Å². The molecule has 1 fully saturated rings. The summed E-state index contributed by atoms with van der Waals surface area (Å²) in [5.74, 6) is 0.795. The van der Waals surface area contributed by atoms with Crippen molar-refractivity contribution >= 4 is 30.3 Å². The maximum absolute atomic E-state index is 13.5. The zero-order valence-electron chi connectivity index (χ0n) is 27.1. The van der Waals surface area contributed by atoms with Gasteiger partial charge in [-0.25, -0.2) is 4.39 Å². The van der Waals surface area contributed by atoms with E-state index in [1.54, 1.807) is 4.90 Å². The first-order chi connectivity index (χ1) is 20.8. The Balaban J connectivity index is 0.000000326. The molecule has 3 heterocycles. The van der Waals surface area contributed by atoms with E-state index in [9.17, 15) is 9.18 Å².